The monoisotopic (exact) mass is 543 g/mol. The highest BCUT2D eigenvalue weighted by atomic mass is 32.2. The van der Waals surface area contributed by atoms with Crippen molar-refractivity contribution in [1.29, 1.82) is 0 Å². The van der Waals surface area contributed by atoms with E-state index in [1.807, 2.05) is 4.57 Å². The van der Waals surface area contributed by atoms with Gasteiger partial charge in [0.1, 0.15) is 11.3 Å². The predicted octanol–water partition coefficient (Wildman–Crippen LogP) is 4.49. The molecular formula is C26H24F3N5O3S. The number of sulfone groups is 1. The van der Waals surface area contributed by atoms with Crippen LogP contribution in [0.3, 0.4) is 0 Å². The van der Waals surface area contributed by atoms with Crippen molar-refractivity contribution in [2.45, 2.75) is 49.8 Å². The number of aromatic nitrogens is 4. The Labute approximate surface area is 216 Å². The molecule has 5 rings (SSSR count). The molecule has 0 aliphatic heterocycles. The maximum Gasteiger partial charge on any atom is 0.416 e. The van der Waals surface area contributed by atoms with Crippen molar-refractivity contribution in [3.63, 3.8) is 0 Å². The first kappa shape index (κ1) is 25.8. The average Bonchev–Trinajstić information content (AvgIpc) is 3.67. The summed E-state index contributed by atoms with van der Waals surface area (Å²) in [7, 11) is -3.35. The number of imidazole rings is 1. The van der Waals surface area contributed by atoms with Crippen LogP contribution >= 0.6 is 0 Å². The van der Waals surface area contributed by atoms with Crippen LogP contribution in [0.25, 0.3) is 11.2 Å². The first-order valence-electron chi connectivity index (χ1n) is 12.0. The second-order valence-electron chi connectivity index (χ2n) is 9.14. The minimum atomic E-state index is -4.39. The third kappa shape index (κ3) is 5.40. The Morgan fingerprint density at radius 2 is 1.82 bits per heavy atom. The molecule has 0 bridgehead atoms. The van der Waals surface area contributed by atoms with Crippen LogP contribution in [-0.2, 0) is 29.0 Å². The van der Waals surface area contributed by atoms with Crippen molar-refractivity contribution in [3.8, 4) is 0 Å². The molecule has 3 heterocycles. The standard InChI is InChI=1S/C26H24F3N5O3S/c1-2-38(36,37)21-10-7-19(30-15-21)14-32-25(35)17-12-22-24(31-13-17)34(20-8-9-20)23(33-22)11-16-3-5-18(6-4-16)26(27,28)29/h3-7,10,12-13,15,20H,2,8-9,11,14H2,1H3,(H,32,35). The smallest absolute Gasteiger partial charge is 0.346 e. The highest BCUT2D eigenvalue weighted by Gasteiger charge is 2.31. The van der Waals surface area contributed by atoms with Crippen LogP contribution < -0.4 is 5.32 Å². The molecule has 0 spiro atoms. The number of halogens is 3. The molecule has 1 amide bonds. The van der Waals surface area contributed by atoms with Crippen molar-refractivity contribution >= 4 is 26.9 Å². The molecule has 0 atom stereocenters. The van der Waals surface area contributed by atoms with Gasteiger partial charge >= 0.3 is 6.18 Å². The quantitative estimate of drug-likeness (QED) is 0.351. The van der Waals surface area contributed by atoms with Gasteiger partial charge in [0.15, 0.2) is 15.5 Å². The molecule has 1 saturated carbocycles. The lowest BCUT2D eigenvalue weighted by atomic mass is 10.1. The van der Waals surface area contributed by atoms with E-state index < -0.39 is 27.5 Å². The Balaban J connectivity index is 1.33. The largest absolute Gasteiger partial charge is 0.416 e. The lowest BCUT2D eigenvalue weighted by Gasteiger charge is -2.09. The number of fused-ring (bicyclic) bond motifs is 1. The number of nitrogens with zero attached hydrogens (tertiary/aromatic N) is 4. The van der Waals surface area contributed by atoms with E-state index in [-0.39, 0.29) is 23.2 Å². The number of carbonyl (C=O) groups excluding carboxylic acids is 1. The van der Waals surface area contributed by atoms with E-state index in [2.05, 4.69) is 20.3 Å². The van der Waals surface area contributed by atoms with Crippen LogP contribution in [0.4, 0.5) is 13.2 Å². The molecular weight excluding hydrogens is 519 g/mol. The highest BCUT2D eigenvalue weighted by Crippen LogP contribution is 2.39. The van der Waals surface area contributed by atoms with Gasteiger partial charge in [0.05, 0.1) is 34.0 Å². The predicted molar refractivity (Wildman–Crippen MR) is 133 cm³/mol. The number of nitrogens with one attached hydrogen (secondary N) is 1. The molecule has 12 heteroatoms. The molecule has 1 aliphatic carbocycles. The van der Waals surface area contributed by atoms with Gasteiger partial charge in [-0.15, -0.1) is 0 Å². The summed E-state index contributed by atoms with van der Waals surface area (Å²) in [6, 6.07) is 9.89. The minimum absolute atomic E-state index is 0.0250. The molecule has 4 aromatic rings. The average molecular weight is 544 g/mol. The summed E-state index contributed by atoms with van der Waals surface area (Å²) in [5.74, 6) is 0.262. The summed E-state index contributed by atoms with van der Waals surface area (Å²) in [6.07, 6.45) is 0.598. The second-order valence-corrected chi connectivity index (χ2v) is 11.4. The molecule has 0 radical (unpaired) electrons. The third-order valence-electron chi connectivity index (χ3n) is 6.39. The van der Waals surface area contributed by atoms with Gasteiger partial charge in [-0.25, -0.2) is 18.4 Å². The van der Waals surface area contributed by atoms with E-state index in [1.54, 1.807) is 19.1 Å². The van der Waals surface area contributed by atoms with Gasteiger partial charge in [-0.1, -0.05) is 19.1 Å². The molecule has 198 valence electrons. The number of hydrogen-bond donors (Lipinski definition) is 1. The Kier molecular flexibility index (Phi) is 6.68. The van der Waals surface area contributed by atoms with Crippen LogP contribution in [0.15, 0.2) is 59.8 Å². The maximum absolute atomic E-state index is 12.9. The highest BCUT2D eigenvalue weighted by molar-refractivity contribution is 7.91. The number of rotatable bonds is 8. The first-order valence-corrected chi connectivity index (χ1v) is 13.7. The molecule has 1 aliphatic rings. The van der Waals surface area contributed by atoms with Crippen LogP contribution in [0.2, 0.25) is 0 Å². The SMILES string of the molecule is CCS(=O)(=O)c1ccc(CNC(=O)c2cnc3c(c2)nc(Cc2ccc(C(F)(F)F)cc2)n3C2CC2)nc1. The summed E-state index contributed by atoms with van der Waals surface area (Å²) < 4.78 is 64.6. The van der Waals surface area contributed by atoms with Crippen molar-refractivity contribution in [1.82, 2.24) is 24.8 Å². The Bertz CT molecular complexity index is 1590. The van der Waals surface area contributed by atoms with Gasteiger partial charge in [-0.05, 0) is 48.7 Å². The number of benzene rings is 1. The normalized spacial score (nSPS) is 14.1. The molecule has 0 saturated heterocycles. The Hall–Kier alpha value is -3.80. The minimum Gasteiger partial charge on any atom is -0.346 e. The summed E-state index contributed by atoms with van der Waals surface area (Å²) in [5, 5.41) is 2.75. The van der Waals surface area contributed by atoms with Gasteiger partial charge in [0.2, 0.25) is 0 Å². The maximum atomic E-state index is 12.9. The molecule has 1 aromatic carbocycles. The van der Waals surface area contributed by atoms with E-state index in [1.165, 1.54) is 30.6 Å². The lowest BCUT2D eigenvalue weighted by Crippen LogP contribution is -2.23. The van der Waals surface area contributed by atoms with Crippen molar-refractivity contribution in [3.05, 3.63) is 83.1 Å². The topological polar surface area (TPSA) is 107 Å². The molecule has 1 N–H and O–H groups in total. The van der Waals surface area contributed by atoms with Crippen LogP contribution in [0.5, 0.6) is 0 Å². The summed E-state index contributed by atoms with van der Waals surface area (Å²) in [5.41, 5.74) is 1.94. The van der Waals surface area contributed by atoms with Crippen molar-refractivity contribution in [2.24, 2.45) is 0 Å². The number of alkyl halides is 3. The van der Waals surface area contributed by atoms with Crippen molar-refractivity contribution in [2.75, 3.05) is 5.75 Å². The molecule has 0 unspecified atom stereocenters. The van der Waals surface area contributed by atoms with Crippen LogP contribution in [0.1, 0.15) is 58.8 Å². The van der Waals surface area contributed by atoms with E-state index in [9.17, 15) is 26.4 Å². The number of hydrogen-bond acceptors (Lipinski definition) is 6. The van der Waals surface area contributed by atoms with Crippen molar-refractivity contribution < 1.29 is 26.4 Å². The van der Waals surface area contributed by atoms with E-state index >= 15 is 0 Å². The number of pyridine rings is 2. The fraction of sp³-hybridized carbons (Fsp3) is 0.308. The number of amides is 1. The zero-order chi connectivity index (χ0) is 27.1. The summed E-state index contributed by atoms with van der Waals surface area (Å²) in [4.78, 5) is 26.2. The Morgan fingerprint density at radius 1 is 1.08 bits per heavy atom. The van der Waals surface area contributed by atoms with Gasteiger partial charge in [-0.2, -0.15) is 13.2 Å². The van der Waals surface area contributed by atoms with Crippen LogP contribution in [0, 0.1) is 0 Å². The molecule has 1 fully saturated rings. The number of carbonyl (C=O) groups is 1. The summed E-state index contributed by atoms with van der Waals surface area (Å²) in [6.45, 7) is 1.65. The van der Waals surface area contributed by atoms with E-state index in [0.29, 0.717) is 40.2 Å². The fourth-order valence-corrected chi connectivity index (χ4v) is 4.95. The van der Waals surface area contributed by atoms with Gasteiger partial charge in [0.25, 0.3) is 5.91 Å². The van der Waals surface area contributed by atoms with Gasteiger partial charge < -0.3 is 9.88 Å². The summed E-state index contributed by atoms with van der Waals surface area (Å²) >= 11 is 0. The first-order chi connectivity index (χ1) is 18.0. The van der Waals surface area contributed by atoms with E-state index in [0.717, 1.165) is 25.0 Å². The molecule has 38 heavy (non-hydrogen) atoms. The zero-order valence-corrected chi connectivity index (χ0v) is 21.2. The lowest BCUT2D eigenvalue weighted by molar-refractivity contribution is -0.137. The fourth-order valence-electron chi connectivity index (χ4n) is 4.13. The van der Waals surface area contributed by atoms with E-state index in [4.69, 9.17) is 0 Å². The molecule has 3 aromatic heterocycles. The molecule has 8 nitrogen and oxygen atoms in total. The third-order valence-corrected chi connectivity index (χ3v) is 8.11. The van der Waals surface area contributed by atoms with Crippen LogP contribution in [-0.4, -0.2) is 39.6 Å². The van der Waals surface area contributed by atoms with Gasteiger partial charge in [-0.3, -0.25) is 9.78 Å². The van der Waals surface area contributed by atoms with Gasteiger partial charge in [0, 0.05) is 24.9 Å². The zero-order valence-electron chi connectivity index (χ0n) is 20.4. The Morgan fingerprint density at radius 3 is 2.42 bits per heavy atom. The second kappa shape index (κ2) is 9.82.